The molecule has 0 spiro atoms. The molecule has 1 heterocycles. The molecule has 1 aromatic carbocycles. The summed E-state index contributed by atoms with van der Waals surface area (Å²) < 4.78 is 5.49. The lowest BCUT2D eigenvalue weighted by Crippen LogP contribution is -2.26. The molecule has 1 aliphatic rings. The van der Waals surface area contributed by atoms with Gasteiger partial charge in [-0.3, -0.25) is 4.79 Å². The van der Waals surface area contributed by atoms with E-state index in [1.807, 2.05) is 6.07 Å². The lowest BCUT2D eigenvalue weighted by atomic mass is 9.83. The van der Waals surface area contributed by atoms with Crippen molar-refractivity contribution in [2.45, 2.75) is 33.6 Å². The molecule has 4 heteroatoms. The molecule has 0 saturated carbocycles. The van der Waals surface area contributed by atoms with E-state index in [1.54, 1.807) is 20.8 Å². The van der Waals surface area contributed by atoms with Gasteiger partial charge in [0.25, 0.3) is 0 Å². The number of aryl methyl sites for hydroxylation is 1. The molecule has 0 amide bonds. The Bertz CT molecular complexity index is 503. The summed E-state index contributed by atoms with van der Waals surface area (Å²) in [4.78, 5) is 11.2. The first-order valence-corrected chi connectivity index (χ1v) is 6.03. The molecule has 0 unspecified atom stereocenters. The number of aliphatic carboxylic acids is 1. The molecule has 0 aliphatic carbocycles. The fourth-order valence-electron chi connectivity index (χ4n) is 2.26. The highest BCUT2D eigenvalue weighted by Gasteiger charge is 2.32. The predicted octanol–water partition coefficient (Wildman–Crippen LogP) is 2.29. The van der Waals surface area contributed by atoms with E-state index in [4.69, 9.17) is 4.74 Å². The predicted molar refractivity (Wildman–Crippen MR) is 67.2 cm³/mol. The van der Waals surface area contributed by atoms with E-state index in [1.165, 1.54) is 0 Å². The van der Waals surface area contributed by atoms with Crippen molar-refractivity contribution in [2.24, 2.45) is 5.41 Å². The van der Waals surface area contributed by atoms with Crippen LogP contribution in [0.4, 0.5) is 0 Å². The number of carboxylic acid groups (broad SMARTS) is 1. The molecule has 0 radical (unpaired) electrons. The summed E-state index contributed by atoms with van der Waals surface area (Å²) in [7, 11) is 0. The smallest absolute Gasteiger partial charge is 0.309 e. The SMILES string of the molecule is Cc1cc2c(c(CC(C)(C)C(=O)O)c1O)CCO2. The van der Waals surface area contributed by atoms with Crippen molar-refractivity contribution < 1.29 is 19.7 Å². The molecule has 0 saturated heterocycles. The van der Waals surface area contributed by atoms with Crippen LogP contribution in [0.25, 0.3) is 0 Å². The second-order valence-electron chi connectivity index (χ2n) is 5.46. The van der Waals surface area contributed by atoms with Gasteiger partial charge in [0.1, 0.15) is 11.5 Å². The minimum atomic E-state index is -0.901. The quantitative estimate of drug-likeness (QED) is 0.863. The molecule has 0 atom stereocenters. The van der Waals surface area contributed by atoms with E-state index in [0.717, 1.165) is 28.9 Å². The summed E-state index contributed by atoms with van der Waals surface area (Å²) in [6, 6.07) is 1.81. The Kier molecular flexibility index (Phi) is 2.97. The van der Waals surface area contributed by atoms with Gasteiger partial charge in [0.2, 0.25) is 0 Å². The molecule has 0 bridgehead atoms. The second-order valence-corrected chi connectivity index (χ2v) is 5.46. The number of hydrogen-bond donors (Lipinski definition) is 2. The Morgan fingerprint density at radius 2 is 2.17 bits per heavy atom. The van der Waals surface area contributed by atoms with E-state index in [-0.39, 0.29) is 5.75 Å². The van der Waals surface area contributed by atoms with Crippen molar-refractivity contribution in [2.75, 3.05) is 6.61 Å². The van der Waals surface area contributed by atoms with Gasteiger partial charge >= 0.3 is 5.97 Å². The van der Waals surface area contributed by atoms with Gasteiger partial charge in [-0.15, -0.1) is 0 Å². The summed E-state index contributed by atoms with van der Waals surface area (Å²) in [5.41, 5.74) is 1.50. The first-order chi connectivity index (χ1) is 8.33. The van der Waals surface area contributed by atoms with Gasteiger partial charge in [-0.2, -0.15) is 0 Å². The molecule has 18 heavy (non-hydrogen) atoms. The van der Waals surface area contributed by atoms with Crippen LogP contribution in [0.5, 0.6) is 11.5 Å². The van der Waals surface area contributed by atoms with Gasteiger partial charge in [-0.1, -0.05) is 0 Å². The zero-order valence-electron chi connectivity index (χ0n) is 10.9. The van der Waals surface area contributed by atoms with Crippen molar-refractivity contribution in [3.05, 3.63) is 22.8 Å². The molecule has 2 N–H and O–H groups in total. The molecule has 98 valence electrons. The van der Waals surface area contributed by atoms with Crippen molar-refractivity contribution >= 4 is 5.97 Å². The summed E-state index contributed by atoms with van der Waals surface area (Å²) in [5.74, 6) is 0.117. The number of aromatic hydroxyl groups is 1. The Labute approximate surface area is 106 Å². The number of benzene rings is 1. The van der Waals surface area contributed by atoms with E-state index in [9.17, 15) is 15.0 Å². The highest BCUT2D eigenvalue weighted by molar-refractivity contribution is 5.74. The van der Waals surface area contributed by atoms with E-state index in [0.29, 0.717) is 13.0 Å². The van der Waals surface area contributed by atoms with Crippen LogP contribution in [-0.2, 0) is 17.6 Å². The van der Waals surface area contributed by atoms with Gasteiger partial charge in [-0.25, -0.2) is 0 Å². The van der Waals surface area contributed by atoms with E-state index < -0.39 is 11.4 Å². The number of ether oxygens (including phenoxy) is 1. The molecule has 4 nitrogen and oxygen atoms in total. The van der Waals surface area contributed by atoms with Crippen molar-refractivity contribution in [3.8, 4) is 11.5 Å². The molecular formula is C14H18O4. The Hall–Kier alpha value is -1.71. The van der Waals surface area contributed by atoms with Crippen molar-refractivity contribution in [1.29, 1.82) is 0 Å². The monoisotopic (exact) mass is 250 g/mol. The topological polar surface area (TPSA) is 66.8 Å². The van der Waals surface area contributed by atoms with Crippen LogP contribution in [0.2, 0.25) is 0 Å². The molecule has 1 aliphatic heterocycles. The number of carbonyl (C=O) groups is 1. The number of phenolic OH excluding ortho intramolecular Hbond substituents is 1. The number of hydrogen-bond acceptors (Lipinski definition) is 3. The minimum Gasteiger partial charge on any atom is -0.507 e. The third-order valence-corrected chi connectivity index (χ3v) is 3.48. The average Bonchev–Trinajstić information content (AvgIpc) is 2.72. The van der Waals surface area contributed by atoms with Crippen molar-refractivity contribution in [3.63, 3.8) is 0 Å². The van der Waals surface area contributed by atoms with Crippen LogP contribution in [0.1, 0.15) is 30.5 Å². The first kappa shape index (κ1) is 12.7. The van der Waals surface area contributed by atoms with Crippen LogP contribution in [-0.4, -0.2) is 22.8 Å². The maximum Gasteiger partial charge on any atom is 0.309 e. The van der Waals surface area contributed by atoms with Crippen LogP contribution in [0.15, 0.2) is 6.07 Å². The maximum atomic E-state index is 11.2. The zero-order chi connectivity index (χ0) is 13.5. The summed E-state index contributed by atoms with van der Waals surface area (Å²) in [6.45, 7) is 5.73. The van der Waals surface area contributed by atoms with Crippen LogP contribution in [0.3, 0.4) is 0 Å². The summed E-state index contributed by atoms with van der Waals surface area (Å²) in [6.07, 6.45) is 1.04. The number of rotatable bonds is 3. The Balaban J connectivity index is 2.48. The van der Waals surface area contributed by atoms with Crippen LogP contribution < -0.4 is 4.74 Å². The van der Waals surface area contributed by atoms with Gasteiger partial charge in [0, 0.05) is 17.5 Å². The zero-order valence-corrected chi connectivity index (χ0v) is 10.9. The Morgan fingerprint density at radius 1 is 1.50 bits per heavy atom. The summed E-state index contributed by atoms with van der Waals surface area (Å²) >= 11 is 0. The molecule has 0 aromatic heterocycles. The summed E-state index contributed by atoms with van der Waals surface area (Å²) in [5, 5.41) is 19.4. The number of fused-ring (bicyclic) bond motifs is 1. The van der Waals surface area contributed by atoms with E-state index >= 15 is 0 Å². The first-order valence-electron chi connectivity index (χ1n) is 6.03. The van der Waals surface area contributed by atoms with Crippen LogP contribution >= 0.6 is 0 Å². The highest BCUT2D eigenvalue weighted by atomic mass is 16.5. The third-order valence-electron chi connectivity index (χ3n) is 3.48. The fourth-order valence-corrected chi connectivity index (χ4v) is 2.26. The number of carboxylic acids is 1. The minimum absolute atomic E-state index is 0.202. The third kappa shape index (κ3) is 2.03. The van der Waals surface area contributed by atoms with Crippen molar-refractivity contribution in [1.82, 2.24) is 0 Å². The standard InChI is InChI=1S/C14H18O4/c1-8-6-11-9(4-5-18-11)10(12(8)15)7-14(2,3)13(16)17/h6,15H,4-5,7H2,1-3H3,(H,16,17). The fraction of sp³-hybridized carbons (Fsp3) is 0.500. The number of phenols is 1. The highest BCUT2D eigenvalue weighted by Crippen LogP contribution is 2.40. The molecular weight excluding hydrogens is 232 g/mol. The van der Waals surface area contributed by atoms with Gasteiger partial charge in [0.15, 0.2) is 0 Å². The molecule has 0 fully saturated rings. The van der Waals surface area contributed by atoms with Gasteiger partial charge in [-0.05, 0) is 38.8 Å². The maximum absolute atomic E-state index is 11.2. The molecule has 1 aromatic rings. The lowest BCUT2D eigenvalue weighted by Gasteiger charge is -2.22. The van der Waals surface area contributed by atoms with Gasteiger partial charge < -0.3 is 14.9 Å². The largest absolute Gasteiger partial charge is 0.507 e. The second kappa shape index (κ2) is 4.19. The Morgan fingerprint density at radius 3 is 2.78 bits per heavy atom. The normalized spacial score (nSPS) is 14.2. The van der Waals surface area contributed by atoms with E-state index in [2.05, 4.69) is 0 Å². The van der Waals surface area contributed by atoms with Crippen LogP contribution in [0, 0.1) is 12.3 Å². The van der Waals surface area contributed by atoms with Gasteiger partial charge in [0.05, 0.1) is 12.0 Å². The lowest BCUT2D eigenvalue weighted by molar-refractivity contribution is -0.146. The average molecular weight is 250 g/mol. The molecule has 2 rings (SSSR count).